The Kier molecular flexibility index (Phi) is 6.52. The maximum atomic E-state index is 12.7. The number of piperazine rings is 1. The quantitative estimate of drug-likeness (QED) is 0.756. The fourth-order valence-corrected chi connectivity index (χ4v) is 5.05. The molecule has 0 aromatic heterocycles. The Balaban J connectivity index is 1.49. The average molecular weight is 395 g/mol. The Morgan fingerprint density at radius 2 is 1.85 bits per heavy atom. The molecule has 2 N–H and O–H groups in total. The van der Waals surface area contributed by atoms with Crippen LogP contribution in [0.3, 0.4) is 0 Å². The molecule has 1 aromatic rings. The summed E-state index contributed by atoms with van der Waals surface area (Å²) in [4.78, 5) is 14.7. The Hall–Kier alpha value is -1.48. The van der Waals surface area contributed by atoms with E-state index in [1.54, 1.807) is 12.1 Å². The van der Waals surface area contributed by atoms with E-state index in [0.29, 0.717) is 43.5 Å². The van der Waals surface area contributed by atoms with Crippen molar-refractivity contribution in [1.29, 1.82) is 0 Å². The predicted molar refractivity (Wildman–Crippen MR) is 105 cm³/mol. The highest BCUT2D eigenvalue weighted by Gasteiger charge is 2.29. The van der Waals surface area contributed by atoms with Crippen LogP contribution in [0.4, 0.5) is 0 Å². The van der Waals surface area contributed by atoms with E-state index >= 15 is 0 Å². The van der Waals surface area contributed by atoms with Crippen LogP contribution in [0.5, 0.6) is 0 Å². The fourth-order valence-electron chi connectivity index (χ4n) is 3.63. The van der Waals surface area contributed by atoms with Crippen molar-refractivity contribution in [2.45, 2.75) is 31.2 Å². The summed E-state index contributed by atoms with van der Waals surface area (Å²) in [6.45, 7) is 8.19. The van der Waals surface area contributed by atoms with Gasteiger partial charge in [0, 0.05) is 38.8 Å². The van der Waals surface area contributed by atoms with Gasteiger partial charge in [-0.2, -0.15) is 4.31 Å². The minimum atomic E-state index is -3.46. The summed E-state index contributed by atoms with van der Waals surface area (Å²) in [5, 5.41) is 6.43. The van der Waals surface area contributed by atoms with Crippen LogP contribution in [-0.4, -0.2) is 75.4 Å². The number of hydrogen-bond donors (Lipinski definition) is 2. The highest BCUT2D eigenvalue weighted by atomic mass is 32.2. The second-order valence-electron chi connectivity index (χ2n) is 7.64. The van der Waals surface area contributed by atoms with Gasteiger partial charge >= 0.3 is 0 Å². The number of carbonyl (C=O) groups is 1. The van der Waals surface area contributed by atoms with E-state index in [-0.39, 0.29) is 11.9 Å². The van der Waals surface area contributed by atoms with Crippen LogP contribution in [0.15, 0.2) is 29.2 Å². The molecule has 2 aliphatic rings. The third kappa shape index (κ3) is 5.07. The molecule has 0 radical (unpaired) electrons. The zero-order valence-electron chi connectivity index (χ0n) is 16.1. The summed E-state index contributed by atoms with van der Waals surface area (Å²) < 4.78 is 27.0. The molecule has 2 heterocycles. The fraction of sp³-hybridized carbons (Fsp3) is 0.632. The van der Waals surface area contributed by atoms with Crippen molar-refractivity contribution in [1.82, 2.24) is 19.8 Å². The van der Waals surface area contributed by atoms with E-state index < -0.39 is 10.0 Å². The lowest BCUT2D eigenvalue weighted by Gasteiger charge is -2.35. The third-order valence-electron chi connectivity index (χ3n) is 5.53. The van der Waals surface area contributed by atoms with Crippen molar-refractivity contribution in [3.63, 3.8) is 0 Å². The van der Waals surface area contributed by atoms with E-state index in [9.17, 15) is 13.2 Å². The average Bonchev–Trinajstić information content (AvgIpc) is 2.64. The van der Waals surface area contributed by atoms with Gasteiger partial charge in [-0.05, 0) is 37.9 Å². The molecule has 2 saturated heterocycles. The zero-order chi connectivity index (χ0) is 19.4. The van der Waals surface area contributed by atoms with Gasteiger partial charge in [-0.1, -0.05) is 24.6 Å². The molecular formula is C19H30N4O3S. The first-order valence-electron chi connectivity index (χ1n) is 9.65. The molecule has 8 heteroatoms. The van der Waals surface area contributed by atoms with Crippen LogP contribution in [0.1, 0.15) is 18.9 Å². The second kappa shape index (κ2) is 8.68. The lowest BCUT2D eigenvalue weighted by atomic mass is 9.95. The summed E-state index contributed by atoms with van der Waals surface area (Å²) in [6, 6.07) is 7.12. The Morgan fingerprint density at radius 1 is 1.19 bits per heavy atom. The van der Waals surface area contributed by atoms with Gasteiger partial charge in [-0.15, -0.1) is 0 Å². The first kappa shape index (κ1) is 20.3. The zero-order valence-corrected chi connectivity index (χ0v) is 17.0. The van der Waals surface area contributed by atoms with Crippen LogP contribution in [0.2, 0.25) is 0 Å². The van der Waals surface area contributed by atoms with Crippen molar-refractivity contribution >= 4 is 15.9 Å². The summed E-state index contributed by atoms with van der Waals surface area (Å²) in [7, 11) is -3.46. The summed E-state index contributed by atoms with van der Waals surface area (Å²) in [5.74, 6) is 0.497. The van der Waals surface area contributed by atoms with Crippen molar-refractivity contribution < 1.29 is 13.2 Å². The van der Waals surface area contributed by atoms with E-state index in [2.05, 4.69) is 17.6 Å². The molecule has 2 unspecified atom stereocenters. The molecule has 0 aliphatic carbocycles. The van der Waals surface area contributed by atoms with Crippen LogP contribution >= 0.6 is 0 Å². The highest BCUT2D eigenvalue weighted by molar-refractivity contribution is 7.89. The predicted octanol–water partition coefficient (Wildman–Crippen LogP) is 0.416. The third-order valence-corrected chi connectivity index (χ3v) is 7.44. The summed E-state index contributed by atoms with van der Waals surface area (Å²) >= 11 is 0. The molecule has 3 rings (SSSR count). The van der Waals surface area contributed by atoms with E-state index in [1.165, 1.54) is 4.31 Å². The molecule has 0 saturated carbocycles. The van der Waals surface area contributed by atoms with Crippen LogP contribution in [-0.2, 0) is 14.8 Å². The number of nitrogens with zero attached hydrogens (tertiary/aromatic N) is 2. The van der Waals surface area contributed by atoms with Crippen molar-refractivity contribution in [3.05, 3.63) is 29.8 Å². The van der Waals surface area contributed by atoms with Crippen LogP contribution in [0.25, 0.3) is 0 Å². The maximum Gasteiger partial charge on any atom is 0.243 e. The number of sulfonamides is 1. The van der Waals surface area contributed by atoms with Crippen LogP contribution in [0, 0.1) is 12.8 Å². The first-order chi connectivity index (χ1) is 12.9. The van der Waals surface area contributed by atoms with Gasteiger partial charge in [0.15, 0.2) is 0 Å². The SMILES string of the molecule is Cc1ccc(S(=O)(=O)N2CCN(CC(=O)NC3CNCCC3C)CC2)cc1. The summed E-state index contributed by atoms with van der Waals surface area (Å²) in [5.41, 5.74) is 1.03. The van der Waals surface area contributed by atoms with E-state index in [4.69, 9.17) is 0 Å². The Bertz CT molecular complexity index is 743. The van der Waals surface area contributed by atoms with Gasteiger partial charge in [0.05, 0.1) is 11.4 Å². The molecule has 2 atom stereocenters. The topological polar surface area (TPSA) is 81.8 Å². The number of nitrogens with one attached hydrogen (secondary N) is 2. The van der Waals surface area contributed by atoms with Crippen LogP contribution < -0.4 is 10.6 Å². The number of amides is 1. The largest absolute Gasteiger partial charge is 0.351 e. The minimum absolute atomic E-state index is 0.0189. The molecule has 7 nitrogen and oxygen atoms in total. The second-order valence-corrected chi connectivity index (χ2v) is 9.58. The molecular weight excluding hydrogens is 364 g/mol. The minimum Gasteiger partial charge on any atom is -0.351 e. The molecule has 150 valence electrons. The highest BCUT2D eigenvalue weighted by Crippen LogP contribution is 2.18. The van der Waals surface area contributed by atoms with Crippen molar-refractivity contribution in [2.24, 2.45) is 5.92 Å². The number of aryl methyl sites for hydroxylation is 1. The Labute approximate surface area is 162 Å². The molecule has 2 aliphatic heterocycles. The van der Waals surface area contributed by atoms with Crippen molar-refractivity contribution in [3.8, 4) is 0 Å². The number of rotatable bonds is 5. The molecule has 1 amide bonds. The number of carbonyl (C=O) groups excluding carboxylic acids is 1. The first-order valence-corrected chi connectivity index (χ1v) is 11.1. The molecule has 0 spiro atoms. The number of piperidine rings is 1. The van der Waals surface area contributed by atoms with Gasteiger partial charge in [-0.3, -0.25) is 9.69 Å². The molecule has 1 aromatic carbocycles. The van der Waals surface area contributed by atoms with Gasteiger partial charge in [0.1, 0.15) is 0 Å². The van der Waals surface area contributed by atoms with Gasteiger partial charge in [-0.25, -0.2) is 8.42 Å². The molecule has 0 bridgehead atoms. The van der Waals surface area contributed by atoms with E-state index in [0.717, 1.165) is 25.1 Å². The Morgan fingerprint density at radius 3 is 2.48 bits per heavy atom. The standard InChI is InChI=1S/C19H30N4O3S/c1-15-3-5-17(6-4-15)27(25,26)23-11-9-22(10-12-23)14-19(24)21-18-13-20-8-7-16(18)2/h3-6,16,18,20H,7-14H2,1-2H3,(H,21,24). The van der Waals surface area contributed by atoms with Gasteiger partial charge < -0.3 is 10.6 Å². The summed E-state index contributed by atoms with van der Waals surface area (Å²) in [6.07, 6.45) is 1.07. The molecule has 2 fully saturated rings. The van der Waals surface area contributed by atoms with Gasteiger partial charge in [0.25, 0.3) is 0 Å². The normalized spacial score (nSPS) is 25.3. The lowest BCUT2D eigenvalue weighted by Crippen LogP contribution is -2.54. The lowest BCUT2D eigenvalue weighted by molar-refractivity contribution is -0.123. The smallest absolute Gasteiger partial charge is 0.243 e. The molecule has 27 heavy (non-hydrogen) atoms. The van der Waals surface area contributed by atoms with Crippen molar-refractivity contribution in [2.75, 3.05) is 45.8 Å². The number of hydrogen-bond acceptors (Lipinski definition) is 5. The van der Waals surface area contributed by atoms with E-state index in [1.807, 2.05) is 24.0 Å². The number of benzene rings is 1. The monoisotopic (exact) mass is 394 g/mol. The van der Waals surface area contributed by atoms with Gasteiger partial charge in [0.2, 0.25) is 15.9 Å². The maximum absolute atomic E-state index is 12.7.